The lowest BCUT2D eigenvalue weighted by Gasteiger charge is -2.25. The summed E-state index contributed by atoms with van der Waals surface area (Å²) < 4.78 is 0. The van der Waals surface area contributed by atoms with Gasteiger partial charge < -0.3 is 10.2 Å². The number of carbonyl (C=O) groups excluding carboxylic acids is 2. The van der Waals surface area contributed by atoms with Crippen molar-refractivity contribution < 1.29 is 9.59 Å². The van der Waals surface area contributed by atoms with Gasteiger partial charge in [0.1, 0.15) is 0 Å². The fourth-order valence-corrected chi connectivity index (χ4v) is 2.98. The fraction of sp³-hybridized carbons (Fsp3) is 0.481. The van der Waals surface area contributed by atoms with Crippen molar-refractivity contribution in [1.82, 2.24) is 10.2 Å². The van der Waals surface area contributed by atoms with E-state index in [4.69, 9.17) is 0 Å². The quantitative estimate of drug-likeness (QED) is 0.583. The number of benzene rings is 2. The molecule has 0 saturated carbocycles. The molecule has 0 fully saturated rings. The Balaban J connectivity index is 0.000000745. The summed E-state index contributed by atoms with van der Waals surface area (Å²) in [7, 11) is 1.62. The van der Waals surface area contributed by atoms with Crippen LogP contribution in [0.15, 0.2) is 54.6 Å². The van der Waals surface area contributed by atoms with Gasteiger partial charge in [0.15, 0.2) is 0 Å². The van der Waals surface area contributed by atoms with Crippen molar-refractivity contribution in [2.75, 3.05) is 20.1 Å². The molecule has 31 heavy (non-hydrogen) atoms. The van der Waals surface area contributed by atoms with Gasteiger partial charge in [-0.15, -0.1) is 0 Å². The number of rotatable bonds is 8. The molecular formula is C27H42N2O2. The summed E-state index contributed by atoms with van der Waals surface area (Å²) in [5.74, 6) is -0.249. The van der Waals surface area contributed by atoms with Crippen LogP contribution in [0.25, 0.3) is 0 Å². The summed E-state index contributed by atoms with van der Waals surface area (Å²) in [5, 5.41) is 2.63. The van der Waals surface area contributed by atoms with E-state index in [1.165, 1.54) is 11.1 Å². The van der Waals surface area contributed by atoms with Crippen molar-refractivity contribution in [3.8, 4) is 0 Å². The van der Waals surface area contributed by atoms with E-state index in [2.05, 4.69) is 43.4 Å². The molecule has 172 valence electrons. The van der Waals surface area contributed by atoms with Gasteiger partial charge in [-0.05, 0) is 42.5 Å². The molecule has 0 heterocycles. The molecule has 0 radical (unpaired) electrons. The monoisotopic (exact) mass is 426 g/mol. The first-order valence-corrected chi connectivity index (χ1v) is 11.6. The number of nitrogens with one attached hydrogen (secondary N) is 1. The van der Waals surface area contributed by atoms with Crippen LogP contribution >= 0.6 is 0 Å². The zero-order valence-corrected chi connectivity index (χ0v) is 20.6. The topological polar surface area (TPSA) is 49.4 Å². The molecule has 4 heteroatoms. The highest BCUT2D eigenvalue weighted by Crippen LogP contribution is 2.11. The average Bonchev–Trinajstić information content (AvgIpc) is 2.84. The Bertz CT molecular complexity index is 727. The molecule has 0 aromatic heterocycles. The summed E-state index contributed by atoms with van der Waals surface area (Å²) in [6.07, 6.45) is 2.97. The predicted octanol–water partition coefficient (Wildman–Crippen LogP) is 5.76. The third-order valence-corrected chi connectivity index (χ3v) is 4.83. The maximum absolute atomic E-state index is 12.6. The molecule has 0 aliphatic carbocycles. The van der Waals surface area contributed by atoms with Crippen LogP contribution in [0.1, 0.15) is 69.4 Å². The number of carbonyl (C=O) groups is 2. The minimum absolute atomic E-state index is 0.00439. The van der Waals surface area contributed by atoms with Gasteiger partial charge in [-0.2, -0.15) is 0 Å². The van der Waals surface area contributed by atoms with Gasteiger partial charge in [0, 0.05) is 25.7 Å². The average molecular weight is 427 g/mol. The van der Waals surface area contributed by atoms with Crippen LogP contribution in [0, 0.1) is 5.92 Å². The zero-order chi connectivity index (χ0) is 23.6. The van der Waals surface area contributed by atoms with E-state index in [0.717, 1.165) is 19.3 Å². The van der Waals surface area contributed by atoms with Crippen LogP contribution in [-0.2, 0) is 17.6 Å². The molecule has 1 unspecified atom stereocenters. The lowest BCUT2D eigenvalue weighted by Crippen LogP contribution is -2.40. The van der Waals surface area contributed by atoms with Gasteiger partial charge in [0.25, 0.3) is 5.91 Å². The van der Waals surface area contributed by atoms with E-state index < -0.39 is 0 Å². The third-order valence-electron chi connectivity index (χ3n) is 4.83. The third kappa shape index (κ3) is 10.8. The molecule has 0 bridgehead atoms. The van der Waals surface area contributed by atoms with Gasteiger partial charge in [-0.1, -0.05) is 84.0 Å². The molecule has 2 aromatic carbocycles. The molecule has 0 aliphatic heterocycles. The number of nitrogens with zero attached hydrogens (tertiary/aromatic N) is 1. The Hall–Kier alpha value is -2.62. The SMILES string of the molecule is CC.CCCN(CC(C)C(=O)NC)C(=O)c1ccc(CC)cc1.CCc1ccccc1. The van der Waals surface area contributed by atoms with Crippen molar-refractivity contribution in [3.05, 3.63) is 71.3 Å². The van der Waals surface area contributed by atoms with Crippen LogP contribution in [-0.4, -0.2) is 36.9 Å². The predicted molar refractivity (Wildman–Crippen MR) is 132 cm³/mol. The number of aryl methyl sites for hydroxylation is 2. The van der Waals surface area contributed by atoms with E-state index >= 15 is 0 Å². The fourth-order valence-electron chi connectivity index (χ4n) is 2.98. The normalized spacial score (nSPS) is 10.5. The highest BCUT2D eigenvalue weighted by atomic mass is 16.2. The van der Waals surface area contributed by atoms with Crippen LogP contribution in [0.5, 0.6) is 0 Å². The Morgan fingerprint density at radius 3 is 1.81 bits per heavy atom. The lowest BCUT2D eigenvalue weighted by molar-refractivity contribution is -0.124. The molecule has 0 aliphatic rings. The Morgan fingerprint density at radius 1 is 0.871 bits per heavy atom. The van der Waals surface area contributed by atoms with Crippen molar-refractivity contribution in [2.24, 2.45) is 5.92 Å². The van der Waals surface area contributed by atoms with Crippen molar-refractivity contribution in [3.63, 3.8) is 0 Å². The summed E-state index contributed by atoms with van der Waals surface area (Å²) in [6.45, 7) is 13.2. The smallest absolute Gasteiger partial charge is 0.253 e. The molecule has 1 N–H and O–H groups in total. The van der Waals surface area contributed by atoms with Crippen molar-refractivity contribution in [1.29, 1.82) is 0 Å². The Labute approximate surface area is 190 Å². The first kappa shape index (κ1) is 28.4. The highest BCUT2D eigenvalue weighted by Gasteiger charge is 2.20. The Kier molecular flexibility index (Phi) is 15.7. The number of hydrogen-bond acceptors (Lipinski definition) is 2. The van der Waals surface area contributed by atoms with Crippen LogP contribution in [0.2, 0.25) is 0 Å². The van der Waals surface area contributed by atoms with E-state index in [1.54, 1.807) is 11.9 Å². The second-order valence-electron chi connectivity index (χ2n) is 7.16. The molecule has 2 amide bonds. The molecule has 0 spiro atoms. The summed E-state index contributed by atoms with van der Waals surface area (Å²) in [6, 6.07) is 18.2. The number of hydrogen-bond donors (Lipinski definition) is 1. The van der Waals surface area contributed by atoms with Gasteiger partial charge in [0.2, 0.25) is 5.91 Å². The second-order valence-corrected chi connectivity index (χ2v) is 7.16. The second kappa shape index (κ2) is 17.1. The molecule has 0 saturated heterocycles. The van der Waals surface area contributed by atoms with Gasteiger partial charge in [-0.25, -0.2) is 0 Å². The first-order chi connectivity index (χ1) is 15.0. The van der Waals surface area contributed by atoms with Crippen molar-refractivity contribution in [2.45, 2.75) is 60.8 Å². The van der Waals surface area contributed by atoms with Gasteiger partial charge in [-0.3, -0.25) is 9.59 Å². The Morgan fingerprint density at radius 2 is 1.39 bits per heavy atom. The number of amides is 2. The molecule has 2 aromatic rings. The van der Waals surface area contributed by atoms with Crippen LogP contribution in [0.4, 0.5) is 0 Å². The molecule has 2 rings (SSSR count). The van der Waals surface area contributed by atoms with Gasteiger partial charge in [0.05, 0.1) is 5.92 Å². The van der Waals surface area contributed by atoms with E-state index in [-0.39, 0.29) is 17.7 Å². The van der Waals surface area contributed by atoms with E-state index in [0.29, 0.717) is 18.7 Å². The van der Waals surface area contributed by atoms with Crippen molar-refractivity contribution >= 4 is 11.8 Å². The largest absolute Gasteiger partial charge is 0.359 e. The minimum atomic E-state index is -0.208. The summed E-state index contributed by atoms with van der Waals surface area (Å²) in [5.41, 5.74) is 3.31. The maximum atomic E-state index is 12.6. The molecule has 4 nitrogen and oxygen atoms in total. The maximum Gasteiger partial charge on any atom is 0.253 e. The van der Waals surface area contributed by atoms with E-state index in [1.807, 2.05) is 58.0 Å². The standard InChI is InChI=1S/C17H26N2O2.C8H10.C2H6/c1-5-11-19(12-13(3)16(20)18-4)17(21)15-9-7-14(6-2)8-10-15;1-2-8-6-4-3-5-7-8;1-2/h7-10,13H,5-6,11-12H2,1-4H3,(H,18,20);3-7H,2H2,1H3;1-2H3. The molecular weight excluding hydrogens is 384 g/mol. The summed E-state index contributed by atoms with van der Waals surface area (Å²) in [4.78, 5) is 26.0. The van der Waals surface area contributed by atoms with E-state index in [9.17, 15) is 9.59 Å². The highest BCUT2D eigenvalue weighted by molar-refractivity contribution is 5.94. The zero-order valence-electron chi connectivity index (χ0n) is 20.6. The van der Waals surface area contributed by atoms with Crippen LogP contribution in [0.3, 0.4) is 0 Å². The van der Waals surface area contributed by atoms with Crippen LogP contribution < -0.4 is 5.32 Å². The first-order valence-electron chi connectivity index (χ1n) is 11.6. The van der Waals surface area contributed by atoms with Gasteiger partial charge >= 0.3 is 0 Å². The lowest BCUT2D eigenvalue weighted by atomic mass is 10.1. The molecule has 1 atom stereocenters. The summed E-state index contributed by atoms with van der Waals surface area (Å²) >= 11 is 0. The minimum Gasteiger partial charge on any atom is -0.359 e.